The van der Waals surface area contributed by atoms with Crippen molar-refractivity contribution in [2.75, 3.05) is 52.5 Å². The number of nitrogens with one attached hydrogen (secondary N) is 1. The Morgan fingerprint density at radius 1 is 1.16 bits per heavy atom. The molecule has 0 bridgehead atoms. The third-order valence-electron chi connectivity index (χ3n) is 5.22. The minimum atomic E-state index is 0.298. The van der Waals surface area contributed by atoms with Gasteiger partial charge in [0.15, 0.2) is 0 Å². The molecule has 1 aromatic rings. The molecule has 138 valence electrons. The maximum absolute atomic E-state index is 12.5. The van der Waals surface area contributed by atoms with Crippen LogP contribution in [0.25, 0.3) is 0 Å². The molecule has 2 aliphatic heterocycles. The number of nitrogens with zero attached hydrogens (tertiary/aromatic N) is 2. The minimum Gasteiger partial charge on any atom is -0.381 e. The number of rotatable bonds is 7. The second-order valence-corrected chi connectivity index (χ2v) is 7.16. The van der Waals surface area contributed by atoms with Crippen molar-refractivity contribution >= 4 is 5.91 Å². The van der Waals surface area contributed by atoms with Crippen LogP contribution in [0.1, 0.15) is 24.8 Å². The van der Waals surface area contributed by atoms with Gasteiger partial charge in [0.05, 0.1) is 0 Å². The Morgan fingerprint density at radius 3 is 2.60 bits per heavy atom. The summed E-state index contributed by atoms with van der Waals surface area (Å²) >= 11 is 0. The molecule has 25 heavy (non-hydrogen) atoms. The highest BCUT2D eigenvalue weighted by atomic mass is 16.5. The van der Waals surface area contributed by atoms with E-state index in [4.69, 9.17) is 4.74 Å². The summed E-state index contributed by atoms with van der Waals surface area (Å²) in [5.74, 6) is 0.985. The summed E-state index contributed by atoms with van der Waals surface area (Å²) in [4.78, 5) is 17.0. The molecular formula is C20H31N3O2. The number of hydrogen-bond acceptors (Lipinski definition) is 4. The summed E-state index contributed by atoms with van der Waals surface area (Å²) in [6, 6.07) is 10.6. The third kappa shape index (κ3) is 6.10. The highest BCUT2D eigenvalue weighted by Gasteiger charge is 2.20. The summed E-state index contributed by atoms with van der Waals surface area (Å²) < 4.78 is 5.49. The maximum Gasteiger partial charge on any atom is 0.223 e. The summed E-state index contributed by atoms with van der Waals surface area (Å²) in [5, 5.41) is 3.31. The van der Waals surface area contributed by atoms with Gasteiger partial charge >= 0.3 is 0 Å². The van der Waals surface area contributed by atoms with Gasteiger partial charge in [-0.2, -0.15) is 0 Å². The lowest BCUT2D eigenvalue weighted by molar-refractivity contribution is -0.132. The van der Waals surface area contributed by atoms with Gasteiger partial charge in [-0.1, -0.05) is 30.3 Å². The first kappa shape index (κ1) is 18.4. The monoisotopic (exact) mass is 345 g/mol. The Labute approximate surface area is 151 Å². The Balaban J connectivity index is 1.53. The fourth-order valence-corrected chi connectivity index (χ4v) is 3.70. The average Bonchev–Trinajstić information content (AvgIpc) is 2.68. The zero-order valence-electron chi connectivity index (χ0n) is 15.2. The first-order valence-corrected chi connectivity index (χ1v) is 9.64. The quantitative estimate of drug-likeness (QED) is 0.818. The van der Waals surface area contributed by atoms with Gasteiger partial charge in [-0.05, 0) is 24.3 Å². The Hall–Kier alpha value is -1.43. The zero-order chi connectivity index (χ0) is 17.3. The molecule has 5 heteroatoms. The van der Waals surface area contributed by atoms with Crippen LogP contribution in [-0.2, 0) is 16.1 Å². The summed E-state index contributed by atoms with van der Waals surface area (Å²) in [7, 11) is 0. The van der Waals surface area contributed by atoms with Crippen molar-refractivity contribution in [1.29, 1.82) is 0 Å². The number of piperazine rings is 1. The van der Waals surface area contributed by atoms with E-state index in [1.807, 2.05) is 4.90 Å². The van der Waals surface area contributed by atoms with Gasteiger partial charge < -0.3 is 15.0 Å². The molecule has 1 amide bonds. The second kappa shape index (κ2) is 9.90. The first-order valence-electron chi connectivity index (χ1n) is 9.64. The SMILES string of the molecule is O=C(CCN(Cc1ccccc1)CC1CCOCC1)N1CCNCC1. The molecule has 0 aliphatic carbocycles. The molecule has 0 saturated carbocycles. The Bertz CT molecular complexity index is 511. The van der Waals surface area contributed by atoms with E-state index in [1.165, 1.54) is 5.56 Å². The van der Waals surface area contributed by atoms with E-state index >= 15 is 0 Å². The molecule has 1 N–H and O–H groups in total. The topological polar surface area (TPSA) is 44.8 Å². The smallest absolute Gasteiger partial charge is 0.223 e. The maximum atomic E-state index is 12.5. The van der Waals surface area contributed by atoms with Crippen LogP contribution in [0, 0.1) is 5.92 Å². The lowest BCUT2D eigenvalue weighted by Crippen LogP contribution is -2.47. The standard InChI is InChI=1S/C20H31N3O2/c24-20(23-12-9-21-10-13-23)6-11-22(16-18-4-2-1-3-5-18)17-19-7-14-25-15-8-19/h1-5,19,21H,6-17H2. The molecule has 0 atom stereocenters. The van der Waals surface area contributed by atoms with E-state index in [0.717, 1.165) is 71.9 Å². The summed E-state index contributed by atoms with van der Waals surface area (Å²) in [6.45, 7) is 8.11. The average molecular weight is 345 g/mol. The normalized spacial score (nSPS) is 19.3. The van der Waals surface area contributed by atoms with Crippen LogP contribution >= 0.6 is 0 Å². The van der Waals surface area contributed by atoms with Crippen LogP contribution in [0.4, 0.5) is 0 Å². The number of carbonyl (C=O) groups excluding carboxylic acids is 1. The predicted molar refractivity (Wildman–Crippen MR) is 99.3 cm³/mol. The summed E-state index contributed by atoms with van der Waals surface area (Å²) in [6.07, 6.45) is 2.89. The molecule has 0 unspecified atom stereocenters. The van der Waals surface area contributed by atoms with Gasteiger partial charge in [0.25, 0.3) is 0 Å². The lowest BCUT2D eigenvalue weighted by Gasteiger charge is -2.31. The molecule has 2 saturated heterocycles. The molecule has 2 aliphatic rings. The highest BCUT2D eigenvalue weighted by Crippen LogP contribution is 2.18. The van der Waals surface area contributed by atoms with Gasteiger partial charge in [-0.25, -0.2) is 0 Å². The van der Waals surface area contributed by atoms with E-state index in [2.05, 4.69) is 40.5 Å². The molecule has 0 spiro atoms. The van der Waals surface area contributed by atoms with Gasteiger partial charge in [0, 0.05) is 65.4 Å². The molecule has 5 nitrogen and oxygen atoms in total. The van der Waals surface area contributed by atoms with Crippen LogP contribution in [0.3, 0.4) is 0 Å². The molecule has 0 radical (unpaired) electrons. The predicted octanol–water partition coefficient (Wildman–Crippen LogP) is 1.74. The molecular weight excluding hydrogens is 314 g/mol. The molecule has 1 aromatic carbocycles. The zero-order valence-corrected chi connectivity index (χ0v) is 15.2. The number of hydrogen-bond donors (Lipinski definition) is 1. The van der Waals surface area contributed by atoms with E-state index in [1.54, 1.807) is 0 Å². The Kier molecular flexibility index (Phi) is 7.27. The van der Waals surface area contributed by atoms with Crippen molar-refractivity contribution < 1.29 is 9.53 Å². The van der Waals surface area contributed by atoms with Crippen LogP contribution in [0.15, 0.2) is 30.3 Å². The summed E-state index contributed by atoms with van der Waals surface area (Å²) in [5.41, 5.74) is 1.32. The number of carbonyl (C=O) groups is 1. The van der Waals surface area contributed by atoms with Crippen molar-refractivity contribution in [2.24, 2.45) is 5.92 Å². The first-order chi connectivity index (χ1) is 12.3. The third-order valence-corrected chi connectivity index (χ3v) is 5.22. The van der Waals surface area contributed by atoms with Crippen molar-refractivity contribution in [3.05, 3.63) is 35.9 Å². The van der Waals surface area contributed by atoms with Gasteiger partial charge in [0.2, 0.25) is 5.91 Å². The van der Waals surface area contributed by atoms with Crippen LogP contribution in [0.2, 0.25) is 0 Å². The van der Waals surface area contributed by atoms with Crippen LogP contribution in [0.5, 0.6) is 0 Å². The fourth-order valence-electron chi connectivity index (χ4n) is 3.70. The van der Waals surface area contributed by atoms with Gasteiger partial charge in [-0.3, -0.25) is 9.69 Å². The van der Waals surface area contributed by atoms with Crippen molar-refractivity contribution in [1.82, 2.24) is 15.1 Å². The van der Waals surface area contributed by atoms with Crippen molar-refractivity contribution in [3.63, 3.8) is 0 Å². The van der Waals surface area contributed by atoms with Crippen molar-refractivity contribution in [2.45, 2.75) is 25.8 Å². The van der Waals surface area contributed by atoms with Crippen molar-refractivity contribution in [3.8, 4) is 0 Å². The van der Waals surface area contributed by atoms with E-state index in [9.17, 15) is 4.79 Å². The fraction of sp³-hybridized carbons (Fsp3) is 0.650. The number of benzene rings is 1. The number of ether oxygens (including phenoxy) is 1. The molecule has 2 heterocycles. The number of amides is 1. The molecule has 0 aromatic heterocycles. The van der Waals surface area contributed by atoms with E-state index in [0.29, 0.717) is 18.2 Å². The van der Waals surface area contributed by atoms with Gasteiger partial charge in [0.1, 0.15) is 0 Å². The highest BCUT2D eigenvalue weighted by molar-refractivity contribution is 5.76. The largest absolute Gasteiger partial charge is 0.381 e. The Morgan fingerprint density at radius 2 is 1.88 bits per heavy atom. The second-order valence-electron chi connectivity index (χ2n) is 7.16. The van der Waals surface area contributed by atoms with Crippen LogP contribution in [-0.4, -0.2) is 68.2 Å². The van der Waals surface area contributed by atoms with E-state index < -0.39 is 0 Å². The molecule has 3 rings (SSSR count). The minimum absolute atomic E-state index is 0.298. The van der Waals surface area contributed by atoms with Crippen LogP contribution < -0.4 is 5.32 Å². The van der Waals surface area contributed by atoms with E-state index in [-0.39, 0.29) is 0 Å². The molecule has 2 fully saturated rings. The lowest BCUT2D eigenvalue weighted by atomic mass is 9.99. The van der Waals surface area contributed by atoms with Gasteiger partial charge in [-0.15, -0.1) is 0 Å².